The maximum atomic E-state index is 5.37. The molecule has 1 atom stereocenters. The Bertz CT molecular complexity index is 971. The van der Waals surface area contributed by atoms with Crippen LogP contribution >= 0.6 is 0 Å². The smallest absolute Gasteiger partial charge is 0.214 e. The van der Waals surface area contributed by atoms with Crippen molar-refractivity contribution in [3.8, 4) is 5.88 Å². The number of aromatic nitrogens is 3. The highest BCUT2D eigenvalue weighted by Crippen LogP contribution is 2.38. The summed E-state index contributed by atoms with van der Waals surface area (Å²) in [4.78, 5) is 15.5. The van der Waals surface area contributed by atoms with Gasteiger partial charge in [0.15, 0.2) is 0 Å². The standard InChI is InChI=1S/C23H20N4O/c1-28-22-13-5-12-21(26-22)27(20-11-7-15-25-17-20)23(18-8-3-2-4-9-18)19-10-6-14-24-16-19/h2-17,23H,1H3. The van der Waals surface area contributed by atoms with Gasteiger partial charge in [-0.05, 0) is 35.4 Å². The van der Waals surface area contributed by atoms with Crippen molar-refractivity contribution in [3.63, 3.8) is 0 Å². The fourth-order valence-electron chi connectivity index (χ4n) is 3.23. The topological polar surface area (TPSA) is 51.1 Å². The van der Waals surface area contributed by atoms with Gasteiger partial charge in [0, 0.05) is 24.7 Å². The summed E-state index contributed by atoms with van der Waals surface area (Å²) in [7, 11) is 1.62. The quantitative estimate of drug-likeness (QED) is 0.489. The van der Waals surface area contributed by atoms with Crippen molar-refractivity contribution in [2.75, 3.05) is 12.0 Å². The van der Waals surface area contributed by atoms with Gasteiger partial charge < -0.3 is 9.64 Å². The minimum Gasteiger partial charge on any atom is -0.481 e. The Kier molecular flexibility index (Phi) is 5.24. The second kappa shape index (κ2) is 8.31. The maximum absolute atomic E-state index is 5.37. The molecule has 1 aromatic carbocycles. The first kappa shape index (κ1) is 17.7. The van der Waals surface area contributed by atoms with Crippen LogP contribution in [-0.2, 0) is 0 Å². The minimum atomic E-state index is -0.126. The van der Waals surface area contributed by atoms with Crippen LogP contribution in [0.15, 0.2) is 97.6 Å². The molecule has 0 bridgehead atoms. The Balaban J connectivity index is 1.94. The number of pyridine rings is 3. The van der Waals surface area contributed by atoms with Crippen molar-refractivity contribution in [1.29, 1.82) is 0 Å². The summed E-state index contributed by atoms with van der Waals surface area (Å²) in [6.45, 7) is 0. The molecule has 0 fully saturated rings. The van der Waals surface area contributed by atoms with E-state index < -0.39 is 0 Å². The van der Waals surface area contributed by atoms with Gasteiger partial charge in [-0.3, -0.25) is 9.97 Å². The van der Waals surface area contributed by atoms with Crippen molar-refractivity contribution in [2.24, 2.45) is 0 Å². The van der Waals surface area contributed by atoms with Crippen LogP contribution in [0.3, 0.4) is 0 Å². The van der Waals surface area contributed by atoms with Crippen LogP contribution in [0.25, 0.3) is 0 Å². The summed E-state index contributed by atoms with van der Waals surface area (Å²) >= 11 is 0. The lowest BCUT2D eigenvalue weighted by Gasteiger charge is -2.33. The number of anilines is 2. The number of hydrogen-bond donors (Lipinski definition) is 0. The third kappa shape index (κ3) is 3.69. The first-order valence-electron chi connectivity index (χ1n) is 9.02. The molecule has 5 heteroatoms. The second-order valence-corrected chi connectivity index (χ2v) is 6.22. The minimum absolute atomic E-state index is 0.126. The summed E-state index contributed by atoms with van der Waals surface area (Å²) in [6, 6.07) is 23.9. The molecular formula is C23H20N4O. The predicted octanol–water partition coefficient (Wildman–Crippen LogP) is 4.81. The number of methoxy groups -OCH3 is 1. The highest BCUT2D eigenvalue weighted by Gasteiger charge is 2.26. The van der Waals surface area contributed by atoms with E-state index in [1.165, 1.54) is 0 Å². The molecule has 0 saturated heterocycles. The fraction of sp³-hybridized carbons (Fsp3) is 0.0870. The van der Waals surface area contributed by atoms with Crippen molar-refractivity contribution in [2.45, 2.75) is 6.04 Å². The number of nitrogens with zero attached hydrogens (tertiary/aromatic N) is 4. The van der Waals surface area contributed by atoms with Crippen LogP contribution in [-0.4, -0.2) is 22.1 Å². The zero-order chi connectivity index (χ0) is 19.2. The molecule has 138 valence electrons. The lowest BCUT2D eigenvalue weighted by molar-refractivity contribution is 0.398. The van der Waals surface area contributed by atoms with Gasteiger partial charge in [0.2, 0.25) is 5.88 Å². The Morgan fingerprint density at radius 2 is 1.50 bits per heavy atom. The summed E-state index contributed by atoms with van der Waals surface area (Å²) in [6.07, 6.45) is 7.28. The van der Waals surface area contributed by atoms with E-state index >= 15 is 0 Å². The Hall–Kier alpha value is -3.73. The van der Waals surface area contributed by atoms with Gasteiger partial charge in [-0.2, -0.15) is 4.98 Å². The summed E-state index contributed by atoms with van der Waals surface area (Å²) in [5.74, 6) is 1.33. The van der Waals surface area contributed by atoms with Gasteiger partial charge in [-0.25, -0.2) is 0 Å². The van der Waals surface area contributed by atoms with E-state index in [1.54, 1.807) is 19.5 Å². The molecule has 0 aliphatic carbocycles. The van der Waals surface area contributed by atoms with Crippen LogP contribution in [0.1, 0.15) is 17.2 Å². The van der Waals surface area contributed by atoms with Crippen molar-refractivity contribution >= 4 is 11.5 Å². The number of rotatable bonds is 6. The number of ether oxygens (including phenoxy) is 1. The molecule has 5 nitrogen and oxygen atoms in total. The van der Waals surface area contributed by atoms with E-state index in [0.717, 1.165) is 22.6 Å². The maximum Gasteiger partial charge on any atom is 0.214 e. The molecule has 1 unspecified atom stereocenters. The molecule has 4 aromatic rings. The number of benzene rings is 1. The lowest BCUT2D eigenvalue weighted by atomic mass is 9.97. The normalized spacial score (nSPS) is 11.6. The highest BCUT2D eigenvalue weighted by molar-refractivity contribution is 5.63. The largest absolute Gasteiger partial charge is 0.481 e. The van der Waals surface area contributed by atoms with Crippen molar-refractivity contribution in [1.82, 2.24) is 15.0 Å². The predicted molar refractivity (Wildman–Crippen MR) is 110 cm³/mol. The highest BCUT2D eigenvalue weighted by atomic mass is 16.5. The van der Waals surface area contributed by atoms with Crippen LogP contribution in [0, 0.1) is 0 Å². The average Bonchev–Trinajstić information content (AvgIpc) is 2.79. The Morgan fingerprint density at radius 3 is 2.18 bits per heavy atom. The van der Waals surface area contributed by atoms with Gasteiger partial charge in [0.25, 0.3) is 0 Å². The van der Waals surface area contributed by atoms with E-state index in [9.17, 15) is 0 Å². The molecule has 0 aliphatic rings. The summed E-state index contributed by atoms with van der Waals surface area (Å²) in [5, 5.41) is 0. The van der Waals surface area contributed by atoms with Crippen molar-refractivity contribution < 1.29 is 4.74 Å². The average molecular weight is 368 g/mol. The van der Waals surface area contributed by atoms with Crippen molar-refractivity contribution in [3.05, 3.63) is 109 Å². The molecule has 0 saturated carbocycles. The van der Waals surface area contributed by atoms with Crippen LogP contribution in [0.4, 0.5) is 11.5 Å². The molecule has 0 amide bonds. The first-order chi connectivity index (χ1) is 13.9. The van der Waals surface area contributed by atoms with Crippen LogP contribution in [0.5, 0.6) is 5.88 Å². The first-order valence-corrected chi connectivity index (χ1v) is 9.02. The van der Waals surface area contributed by atoms with Gasteiger partial charge in [0.1, 0.15) is 5.82 Å². The third-order valence-corrected chi connectivity index (χ3v) is 4.46. The van der Waals surface area contributed by atoms with Gasteiger partial charge in [-0.1, -0.05) is 42.5 Å². The van der Waals surface area contributed by atoms with Crippen LogP contribution in [0.2, 0.25) is 0 Å². The van der Waals surface area contributed by atoms with E-state index in [-0.39, 0.29) is 6.04 Å². The van der Waals surface area contributed by atoms with Gasteiger partial charge in [0.05, 0.1) is 25.0 Å². The zero-order valence-electron chi connectivity index (χ0n) is 15.5. The SMILES string of the molecule is COc1cccc(N(c2cccnc2)C(c2ccccc2)c2cccnc2)n1. The molecule has 0 N–H and O–H groups in total. The van der Waals surface area contributed by atoms with Gasteiger partial charge in [-0.15, -0.1) is 0 Å². The second-order valence-electron chi connectivity index (χ2n) is 6.22. The lowest BCUT2D eigenvalue weighted by Crippen LogP contribution is -2.26. The molecule has 0 radical (unpaired) electrons. The van der Waals surface area contributed by atoms with E-state index in [1.807, 2.05) is 67.0 Å². The zero-order valence-corrected chi connectivity index (χ0v) is 15.5. The molecular weight excluding hydrogens is 348 g/mol. The number of hydrogen-bond acceptors (Lipinski definition) is 5. The monoisotopic (exact) mass is 368 g/mol. The summed E-state index contributed by atoms with van der Waals surface area (Å²) in [5.41, 5.74) is 3.12. The van der Waals surface area contributed by atoms with E-state index in [4.69, 9.17) is 9.72 Å². The Labute approximate surface area is 164 Å². The van der Waals surface area contributed by atoms with Gasteiger partial charge >= 0.3 is 0 Å². The third-order valence-electron chi connectivity index (χ3n) is 4.46. The molecule has 4 rings (SSSR count). The fourth-order valence-corrected chi connectivity index (χ4v) is 3.23. The van der Waals surface area contributed by atoms with Crippen LogP contribution < -0.4 is 9.64 Å². The molecule has 0 spiro atoms. The van der Waals surface area contributed by atoms with E-state index in [0.29, 0.717) is 5.88 Å². The summed E-state index contributed by atoms with van der Waals surface area (Å²) < 4.78 is 5.37. The Morgan fingerprint density at radius 1 is 0.750 bits per heavy atom. The molecule has 28 heavy (non-hydrogen) atoms. The molecule has 3 heterocycles. The molecule has 0 aliphatic heterocycles. The molecule has 3 aromatic heterocycles. The van der Waals surface area contributed by atoms with E-state index in [2.05, 4.69) is 33.1 Å².